The highest BCUT2D eigenvalue weighted by Crippen LogP contribution is 2.32. The predicted octanol–water partition coefficient (Wildman–Crippen LogP) is 2.79. The second-order valence-electron chi connectivity index (χ2n) is 4.61. The second kappa shape index (κ2) is 6.88. The Bertz CT molecular complexity index is 828. The molecule has 2 rings (SSSR count). The maximum Gasteiger partial charge on any atom is 0.244 e. The summed E-state index contributed by atoms with van der Waals surface area (Å²) in [6.45, 7) is 0. The van der Waals surface area contributed by atoms with Crippen LogP contribution in [0.5, 0.6) is 5.75 Å². The number of nitrogens with one attached hydrogen (secondary N) is 1. The van der Waals surface area contributed by atoms with Crippen molar-refractivity contribution < 1.29 is 13.2 Å². The van der Waals surface area contributed by atoms with E-state index in [0.717, 1.165) is 4.31 Å². The van der Waals surface area contributed by atoms with Gasteiger partial charge in [-0.1, -0.05) is 11.6 Å². The molecule has 0 bridgehead atoms. The minimum atomic E-state index is -3.71. The Labute approximate surface area is 144 Å². The van der Waals surface area contributed by atoms with Crippen LogP contribution in [0.3, 0.4) is 0 Å². The van der Waals surface area contributed by atoms with E-state index in [0.29, 0.717) is 5.75 Å². The lowest BCUT2D eigenvalue weighted by Gasteiger charge is -2.17. The smallest absolute Gasteiger partial charge is 0.244 e. The van der Waals surface area contributed by atoms with Gasteiger partial charge < -0.3 is 10.1 Å². The van der Waals surface area contributed by atoms with E-state index in [9.17, 15) is 8.42 Å². The maximum absolute atomic E-state index is 12.5. The van der Waals surface area contributed by atoms with Gasteiger partial charge in [0.05, 0.1) is 19.0 Å². The number of ether oxygens (including phenoxy) is 1. The fraction of sp³-hybridized carbons (Fsp3) is 0.231. The van der Waals surface area contributed by atoms with E-state index < -0.39 is 10.0 Å². The summed E-state index contributed by atoms with van der Waals surface area (Å²) in [5.41, 5.74) is 0.288. The van der Waals surface area contributed by atoms with Crippen molar-refractivity contribution in [3.8, 4) is 5.75 Å². The number of sulfonamides is 1. The highest BCUT2D eigenvalue weighted by Gasteiger charge is 2.23. The Hall–Kier alpha value is -1.61. The summed E-state index contributed by atoms with van der Waals surface area (Å²) in [6.07, 6.45) is 1.32. The largest absolute Gasteiger partial charge is 0.497 e. The fourth-order valence-electron chi connectivity index (χ4n) is 1.70. The van der Waals surface area contributed by atoms with Crippen LogP contribution in [0.15, 0.2) is 29.3 Å². The van der Waals surface area contributed by atoms with Gasteiger partial charge in [0.1, 0.15) is 15.7 Å². The Kier molecular flexibility index (Phi) is 5.30. The Morgan fingerprint density at radius 1 is 1.26 bits per heavy atom. The van der Waals surface area contributed by atoms with E-state index in [1.807, 2.05) is 0 Å². The predicted molar refractivity (Wildman–Crippen MR) is 89.2 cm³/mol. The number of aromatic nitrogens is 2. The lowest BCUT2D eigenvalue weighted by Crippen LogP contribution is -2.23. The number of hydrogen-bond donors (Lipinski definition) is 1. The molecule has 0 saturated carbocycles. The molecule has 0 saturated heterocycles. The number of nitrogens with zero attached hydrogens (tertiary/aromatic N) is 3. The quantitative estimate of drug-likeness (QED) is 0.807. The molecule has 1 aromatic heterocycles. The normalized spacial score (nSPS) is 11.6. The van der Waals surface area contributed by atoms with Crippen molar-refractivity contribution in [2.75, 3.05) is 26.5 Å². The van der Waals surface area contributed by atoms with E-state index in [2.05, 4.69) is 15.3 Å². The standard InChI is InChI=1S/C13H14Cl2N4O3S/c1-19(2)23(20,21)11-6-8(22-3)4-5-10(11)17-12-9(14)7-16-13(15)18-12/h4-7H,1-3H3,(H,16,17,18). The van der Waals surface area contributed by atoms with Crippen LogP contribution in [-0.2, 0) is 10.0 Å². The number of benzene rings is 1. The fourth-order valence-corrected chi connectivity index (χ4v) is 3.03. The minimum absolute atomic E-state index is 0.0116. The van der Waals surface area contributed by atoms with E-state index in [-0.39, 0.29) is 26.7 Å². The van der Waals surface area contributed by atoms with Gasteiger partial charge in [0.15, 0.2) is 5.82 Å². The van der Waals surface area contributed by atoms with Crippen molar-refractivity contribution in [3.05, 3.63) is 34.7 Å². The van der Waals surface area contributed by atoms with Gasteiger partial charge in [0.2, 0.25) is 15.3 Å². The van der Waals surface area contributed by atoms with Crippen LogP contribution in [0.4, 0.5) is 11.5 Å². The van der Waals surface area contributed by atoms with E-state index in [4.69, 9.17) is 27.9 Å². The zero-order valence-electron chi connectivity index (χ0n) is 12.5. The van der Waals surface area contributed by atoms with Crippen molar-refractivity contribution >= 4 is 44.7 Å². The van der Waals surface area contributed by atoms with Crippen LogP contribution in [0, 0.1) is 0 Å². The van der Waals surface area contributed by atoms with Crippen molar-refractivity contribution in [3.63, 3.8) is 0 Å². The molecular formula is C13H14Cl2N4O3S. The Morgan fingerprint density at radius 2 is 1.96 bits per heavy atom. The van der Waals surface area contributed by atoms with Gasteiger partial charge in [0.25, 0.3) is 0 Å². The first-order chi connectivity index (χ1) is 10.8. The number of methoxy groups -OCH3 is 1. The zero-order chi connectivity index (χ0) is 17.2. The summed E-state index contributed by atoms with van der Waals surface area (Å²) in [5.74, 6) is 0.606. The molecule has 23 heavy (non-hydrogen) atoms. The monoisotopic (exact) mass is 376 g/mol. The lowest BCUT2D eigenvalue weighted by molar-refractivity contribution is 0.413. The first-order valence-electron chi connectivity index (χ1n) is 6.31. The van der Waals surface area contributed by atoms with E-state index >= 15 is 0 Å². The molecule has 10 heteroatoms. The number of hydrogen-bond acceptors (Lipinski definition) is 6. The van der Waals surface area contributed by atoms with E-state index in [1.54, 1.807) is 12.1 Å². The van der Waals surface area contributed by atoms with Crippen LogP contribution in [0.25, 0.3) is 0 Å². The van der Waals surface area contributed by atoms with Crippen molar-refractivity contribution in [1.29, 1.82) is 0 Å². The number of rotatable bonds is 5. The Morgan fingerprint density at radius 3 is 2.57 bits per heavy atom. The molecule has 0 aliphatic heterocycles. The second-order valence-corrected chi connectivity index (χ2v) is 7.48. The van der Waals surface area contributed by atoms with Gasteiger partial charge in [-0.15, -0.1) is 0 Å². The van der Waals surface area contributed by atoms with Crippen molar-refractivity contribution in [1.82, 2.24) is 14.3 Å². The topological polar surface area (TPSA) is 84.4 Å². The average Bonchev–Trinajstić information content (AvgIpc) is 2.51. The molecule has 0 radical (unpaired) electrons. The molecule has 7 nitrogen and oxygen atoms in total. The summed E-state index contributed by atoms with van der Waals surface area (Å²) < 4.78 is 31.2. The van der Waals surface area contributed by atoms with Crippen LogP contribution in [0.1, 0.15) is 0 Å². The molecule has 0 unspecified atom stereocenters. The van der Waals surface area contributed by atoms with Gasteiger partial charge in [-0.05, 0) is 23.7 Å². The average molecular weight is 377 g/mol. The third kappa shape index (κ3) is 3.84. The third-order valence-electron chi connectivity index (χ3n) is 2.92. The van der Waals surface area contributed by atoms with Crippen molar-refractivity contribution in [2.45, 2.75) is 4.90 Å². The Balaban J connectivity index is 2.56. The highest BCUT2D eigenvalue weighted by molar-refractivity contribution is 7.89. The molecular weight excluding hydrogens is 363 g/mol. The van der Waals surface area contributed by atoms with Gasteiger partial charge in [-0.3, -0.25) is 0 Å². The van der Waals surface area contributed by atoms with Crippen LogP contribution in [-0.4, -0.2) is 43.9 Å². The van der Waals surface area contributed by atoms with Crippen LogP contribution >= 0.6 is 23.2 Å². The minimum Gasteiger partial charge on any atom is -0.497 e. The van der Waals surface area contributed by atoms with Gasteiger partial charge in [-0.25, -0.2) is 17.7 Å². The molecule has 0 atom stereocenters. The maximum atomic E-state index is 12.5. The highest BCUT2D eigenvalue weighted by atomic mass is 35.5. The molecule has 124 valence electrons. The van der Waals surface area contributed by atoms with Crippen LogP contribution < -0.4 is 10.1 Å². The molecule has 0 aliphatic rings. The van der Waals surface area contributed by atoms with E-state index in [1.165, 1.54) is 33.5 Å². The van der Waals surface area contributed by atoms with Crippen molar-refractivity contribution in [2.24, 2.45) is 0 Å². The first kappa shape index (κ1) is 17.7. The summed E-state index contributed by atoms with van der Waals surface area (Å²) in [7, 11) is 0.617. The lowest BCUT2D eigenvalue weighted by atomic mass is 10.3. The molecule has 1 N–H and O–H groups in total. The molecule has 1 heterocycles. The molecule has 0 amide bonds. The van der Waals surface area contributed by atoms with Gasteiger partial charge in [0, 0.05) is 20.2 Å². The third-order valence-corrected chi connectivity index (χ3v) is 5.23. The molecule has 2 aromatic rings. The number of halogens is 2. The van der Waals surface area contributed by atoms with Gasteiger partial charge in [-0.2, -0.15) is 4.98 Å². The van der Waals surface area contributed by atoms with Gasteiger partial charge >= 0.3 is 0 Å². The zero-order valence-corrected chi connectivity index (χ0v) is 14.9. The summed E-state index contributed by atoms with van der Waals surface area (Å²) in [4.78, 5) is 7.71. The molecule has 1 aromatic carbocycles. The molecule has 0 aliphatic carbocycles. The number of anilines is 2. The first-order valence-corrected chi connectivity index (χ1v) is 8.51. The molecule has 0 fully saturated rings. The van der Waals surface area contributed by atoms with Crippen LogP contribution in [0.2, 0.25) is 10.3 Å². The molecule has 0 spiro atoms. The summed E-state index contributed by atoms with van der Waals surface area (Å²) in [5, 5.41) is 3.06. The summed E-state index contributed by atoms with van der Waals surface area (Å²) >= 11 is 11.7. The SMILES string of the molecule is COc1ccc(Nc2nc(Cl)ncc2Cl)c(S(=O)(=O)N(C)C)c1. The summed E-state index contributed by atoms with van der Waals surface area (Å²) in [6, 6.07) is 4.59.